The van der Waals surface area contributed by atoms with E-state index in [0.717, 1.165) is 6.07 Å². The number of methoxy groups -OCH3 is 1. The average molecular weight is 300 g/mol. The Balaban J connectivity index is 3.38. The van der Waals surface area contributed by atoms with Gasteiger partial charge in [-0.1, -0.05) is 0 Å². The maximum absolute atomic E-state index is 12.3. The second-order valence-electron chi connectivity index (χ2n) is 2.49. The van der Waals surface area contributed by atoms with Crippen molar-refractivity contribution in [3.8, 4) is 5.75 Å². The predicted octanol–water partition coefficient (Wildman–Crippen LogP) is 3.17. The molecule has 1 aromatic rings. The molecule has 1 aromatic heterocycles. The maximum atomic E-state index is 12.3. The Morgan fingerprint density at radius 1 is 1.67 bits per heavy atom. The van der Waals surface area contributed by atoms with Crippen LogP contribution in [0, 0.1) is 0 Å². The van der Waals surface area contributed by atoms with Gasteiger partial charge >= 0.3 is 0 Å². The molecule has 0 saturated heterocycles. The van der Waals surface area contributed by atoms with Crippen LogP contribution in [0.15, 0.2) is 10.7 Å². The first-order valence-corrected chi connectivity index (χ1v) is 4.87. The number of hydrogen-bond acceptors (Lipinski definition) is 3. The van der Waals surface area contributed by atoms with Crippen molar-refractivity contribution < 1.29 is 18.3 Å². The Labute approximate surface area is 97.5 Å². The minimum Gasteiger partial charge on any atom is -0.493 e. The van der Waals surface area contributed by atoms with Crippen LogP contribution in [0.5, 0.6) is 5.75 Å². The van der Waals surface area contributed by atoms with Crippen LogP contribution in [0.4, 0.5) is 8.78 Å². The minimum absolute atomic E-state index is 0.0202. The Morgan fingerprint density at radius 3 is 2.67 bits per heavy atom. The lowest BCUT2D eigenvalue weighted by Gasteiger charge is -2.08. The topological polar surface area (TPSA) is 39.2 Å². The number of carbonyl (C=O) groups excluding carboxylic acids is 1. The van der Waals surface area contributed by atoms with Crippen molar-refractivity contribution >= 4 is 32.8 Å². The van der Waals surface area contributed by atoms with Gasteiger partial charge in [0.05, 0.1) is 12.7 Å². The number of rotatable bonds is 3. The van der Waals surface area contributed by atoms with E-state index in [4.69, 9.17) is 16.3 Å². The molecule has 0 aliphatic rings. The molecule has 0 amide bonds. The van der Waals surface area contributed by atoms with Crippen molar-refractivity contribution in [2.24, 2.45) is 0 Å². The lowest BCUT2D eigenvalue weighted by molar-refractivity contribution is 0.107. The predicted molar refractivity (Wildman–Crippen MR) is 53.6 cm³/mol. The number of carbonyl (C=O) groups is 1. The number of aromatic nitrogens is 1. The van der Waals surface area contributed by atoms with Crippen LogP contribution in [-0.2, 0) is 0 Å². The molecule has 0 saturated carbocycles. The summed E-state index contributed by atoms with van der Waals surface area (Å²) < 4.78 is 29.5. The van der Waals surface area contributed by atoms with E-state index in [2.05, 4.69) is 20.9 Å². The van der Waals surface area contributed by atoms with Crippen molar-refractivity contribution in [1.82, 2.24) is 4.98 Å². The monoisotopic (exact) mass is 299 g/mol. The summed E-state index contributed by atoms with van der Waals surface area (Å²) in [7, 11) is 1.28. The van der Waals surface area contributed by atoms with Crippen molar-refractivity contribution in [3.63, 3.8) is 0 Å². The molecule has 0 atom stereocenters. The second kappa shape index (κ2) is 4.85. The standard InChI is InChI=1S/C8H5BrClF2NO2/c1-15-5-3(7(10)14)2-4(8(11)12)13-6(5)9/h2,8H,1H3. The van der Waals surface area contributed by atoms with E-state index in [-0.39, 0.29) is 15.9 Å². The first-order valence-electron chi connectivity index (χ1n) is 3.69. The molecule has 0 unspecified atom stereocenters. The summed E-state index contributed by atoms with van der Waals surface area (Å²) >= 11 is 8.14. The maximum Gasteiger partial charge on any atom is 0.280 e. The van der Waals surface area contributed by atoms with Gasteiger partial charge in [0.1, 0.15) is 10.3 Å². The van der Waals surface area contributed by atoms with Gasteiger partial charge in [0, 0.05) is 0 Å². The molecular formula is C8H5BrClF2NO2. The van der Waals surface area contributed by atoms with Gasteiger partial charge in [0.2, 0.25) is 0 Å². The van der Waals surface area contributed by atoms with E-state index in [9.17, 15) is 13.6 Å². The highest BCUT2D eigenvalue weighted by atomic mass is 79.9. The highest BCUT2D eigenvalue weighted by molar-refractivity contribution is 9.10. The number of pyridine rings is 1. The highest BCUT2D eigenvalue weighted by Gasteiger charge is 2.20. The van der Waals surface area contributed by atoms with Crippen molar-refractivity contribution in [2.75, 3.05) is 7.11 Å². The molecule has 1 heterocycles. The molecule has 82 valence electrons. The van der Waals surface area contributed by atoms with E-state index in [1.54, 1.807) is 0 Å². The summed E-state index contributed by atoms with van der Waals surface area (Å²) in [4.78, 5) is 14.5. The lowest BCUT2D eigenvalue weighted by atomic mass is 10.2. The van der Waals surface area contributed by atoms with Crippen LogP contribution >= 0.6 is 27.5 Å². The number of hydrogen-bond donors (Lipinski definition) is 0. The normalized spacial score (nSPS) is 10.5. The van der Waals surface area contributed by atoms with Gasteiger partial charge in [-0.05, 0) is 33.6 Å². The zero-order valence-electron chi connectivity index (χ0n) is 7.43. The fourth-order valence-corrected chi connectivity index (χ4v) is 1.69. The molecule has 0 radical (unpaired) electrons. The third-order valence-electron chi connectivity index (χ3n) is 1.59. The summed E-state index contributed by atoms with van der Waals surface area (Å²) in [5, 5.41) is -0.878. The molecule has 0 bridgehead atoms. The average Bonchev–Trinajstić information content (AvgIpc) is 2.16. The molecule has 3 nitrogen and oxygen atoms in total. The van der Waals surface area contributed by atoms with Crippen molar-refractivity contribution in [1.29, 1.82) is 0 Å². The van der Waals surface area contributed by atoms with Gasteiger partial charge in [-0.3, -0.25) is 4.79 Å². The van der Waals surface area contributed by atoms with Gasteiger partial charge in [0.15, 0.2) is 5.75 Å². The van der Waals surface area contributed by atoms with E-state index in [1.165, 1.54) is 7.11 Å². The Morgan fingerprint density at radius 2 is 2.27 bits per heavy atom. The van der Waals surface area contributed by atoms with E-state index >= 15 is 0 Å². The zero-order valence-corrected chi connectivity index (χ0v) is 9.77. The first-order chi connectivity index (χ1) is 6.97. The summed E-state index contributed by atoms with van der Waals surface area (Å²) in [5.41, 5.74) is -0.678. The van der Waals surface area contributed by atoms with Crippen LogP contribution in [0.3, 0.4) is 0 Å². The van der Waals surface area contributed by atoms with Gasteiger partial charge in [-0.25, -0.2) is 13.8 Å². The number of halogens is 4. The van der Waals surface area contributed by atoms with Crippen LogP contribution < -0.4 is 4.74 Å². The van der Waals surface area contributed by atoms with Gasteiger partial charge in [0.25, 0.3) is 11.7 Å². The Hall–Kier alpha value is -0.750. The van der Waals surface area contributed by atoms with E-state index in [0.29, 0.717) is 0 Å². The zero-order chi connectivity index (χ0) is 11.6. The molecule has 15 heavy (non-hydrogen) atoms. The largest absolute Gasteiger partial charge is 0.493 e. The lowest BCUT2D eigenvalue weighted by Crippen LogP contribution is -2.02. The first kappa shape index (κ1) is 12.3. The van der Waals surface area contributed by atoms with Crippen LogP contribution in [0.1, 0.15) is 22.5 Å². The Kier molecular flexibility index (Phi) is 3.98. The molecule has 0 aliphatic carbocycles. The fraction of sp³-hybridized carbons (Fsp3) is 0.250. The van der Waals surface area contributed by atoms with Gasteiger partial charge in [-0.15, -0.1) is 0 Å². The molecule has 1 rings (SSSR count). The molecule has 0 N–H and O–H groups in total. The number of ether oxygens (including phenoxy) is 1. The van der Waals surface area contributed by atoms with Gasteiger partial charge < -0.3 is 4.74 Å². The number of alkyl halides is 2. The molecule has 7 heteroatoms. The van der Waals surface area contributed by atoms with E-state index in [1.807, 2.05) is 0 Å². The van der Waals surface area contributed by atoms with E-state index < -0.39 is 17.4 Å². The van der Waals surface area contributed by atoms with Crippen molar-refractivity contribution in [3.05, 3.63) is 21.9 Å². The molecule has 0 aromatic carbocycles. The third-order valence-corrected chi connectivity index (χ3v) is 2.33. The fourth-order valence-electron chi connectivity index (χ4n) is 0.973. The molecule has 0 spiro atoms. The Bertz CT molecular complexity index is 400. The summed E-state index contributed by atoms with van der Waals surface area (Å²) in [6, 6.07) is 0.906. The smallest absolute Gasteiger partial charge is 0.280 e. The minimum atomic E-state index is -2.78. The molecular weight excluding hydrogens is 295 g/mol. The van der Waals surface area contributed by atoms with Crippen molar-refractivity contribution in [2.45, 2.75) is 6.43 Å². The highest BCUT2D eigenvalue weighted by Crippen LogP contribution is 2.31. The quantitative estimate of drug-likeness (QED) is 0.636. The summed E-state index contributed by atoms with van der Waals surface area (Å²) in [6.07, 6.45) is -2.78. The summed E-state index contributed by atoms with van der Waals surface area (Å²) in [5.74, 6) is 0.0411. The van der Waals surface area contributed by atoms with Crippen LogP contribution in [0.2, 0.25) is 0 Å². The third kappa shape index (κ3) is 2.63. The van der Waals surface area contributed by atoms with Crippen LogP contribution in [-0.4, -0.2) is 17.3 Å². The summed E-state index contributed by atoms with van der Waals surface area (Å²) in [6.45, 7) is 0. The SMILES string of the molecule is COc1c(C(=O)Cl)cc(C(F)F)nc1Br. The second-order valence-corrected chi connectivity index (χ2v) is 3.59. The molecule has 0 aliphatic heterocycles. The molecule has 0 fully saturated rings. The van der Waals surface area contributed by atoms with Gasteiger partial charge in [-0.2, -0.15) is 0 Å². The number of nitrogens with zero attached hydrogens (tertiary/aromatic N) is 1. The van der Waals surface area contributed by atoms with Crippen LogP contribution in [0.25, 0.3) is 0 Å².